The summed E-state index contributed by atoms with van der Waals surface area (Å²) in [6, 6.07) is 0. The number of aromatic nitrogens is 2. The summed E-state index contributed by atoms with van der Waals surface area (Å²) in [4.78, 5) is 8.06. The molecule has 11 heavy (non-hydrogen) atoms. The van der Waals surface area contributed by atoms with E-state index in [9.17, 15) is 0 Å². The second-order valence-corrected chi connectivity index (χ2v) is 3.04. The predicted molar refractivity (Wildman–Crippen MR) is 40.1 cm³/mol. The van der Waals surface area contributed by atoms with Gasteiger partial charge in [-0.1, -0.05) is 0 Å². The number of epoxide rings is 1. The largest absolute Gasteiger partial charge is 0.365 e. The Kier molecular flexibility index (Phi) is 1.23. The Hall–Kier alpha value is -0.960. The van der Waals surface area contributed by atoms with Gasteiger partial charge in [0.15, 0.2) is 0 Å². The van der Waals surface area contributed by atoms with Gasteiger partial charge in [0.2, 0.25) is 0 Å². The topological polar surface area (TPSA) is 38.3 Å². The highest BCUT2D eigenvalue weighted by Crippen LogP contribution is 2.38. The van der Waals surface area contributed by atoms with E-state index in [2.05, 4.69) is 16.9 Å². The van der Waals surface area contributed by atoms with Gasteiger partial charge in [0.05, 0.1) is 6.61 Å². The first-order valence-corrected chi connectivity index (χ1v) is 3.63. The Morgan fingerprint density at radius 2 is 2.36 bits per heavy atom. The highest BCUT2D eigenvalue weighted by atomic mass is 16.6. The van der Waals surface area contributed by atoms with Crippen molar-refractivity contribution in [2.24, 2.45) is 0 Å². The second kappa shape index (κ2) is 2.01. The van der Waals surface area contributed by atoms with Gasteiger partial charge < -0.3 is 4.74 Å². The third-order valence-corrected chi connectivity index (χ3v) is 2.06. The molecule has 0 spiro atoms. The lowest BCUT2D eigenvalue weighted by Gasteiger charge is -2.05. The van der Waals surface area contributed by atoms with Crippen molar-refractivity contribution in [3.8, 4) is 0 Å². The fourth-order valence-electron chi connectivity index (χ4n) is 1.17. The maximum absolute atomic E-state index is 5.28. The van der Waals surface area contributed by atoms with Crippen molar-refractivity contribution in [3.63, 3.8) is 0 Å². The van der Waals surface area contributed by atoms with E-state index in [1.54, 1.807) is 6.33 Å². The van der Waals surface area contributed by atoms with E-state index in [4.69, 9.17) is 4.74 Å². The molecule has 2 rings (SSSR count). The van der Waals surface area contributed by atoms with Crippen LogP contribution in [0.3, 0.4) is 0 Å². The molecule has 58 valence electrons. The number of hydrogen-bond acceptors (Lipinski definition) is 3. The summed E-state index contributed by atoms with van der Waals surface area (Å²) in [5.41, 5.74) is 2.03. The van der Waals surface area contributed by atoms with Gasteiger partial charge in [0.25, 0.3) is 0 Å². The van der Waals surface area contributed by atoms with Gasteiger partial charge in [-0.2, -0.15) is 0 Å². The lowest BCUT2D eigenvalue weighted by molar-refractivity contribution is 0.327. The first-order chi connectivity index (χ1) is 5.22. The van der Waals surface area contributed by atoms with E-state index in [0.717, 1.165) is 17.9 Å². The molecule has 0 aromatic carbocycles. The first-order valence-electron chi connectivity index (χ1n) is 3.63. The van der Waals surface area contributed by atoms with Gasteiger partial charge in [0, 0.05) is 17.5 Å². The van der Waals surface area contributed by atoms with Crippen LogP contribution < -0.4 is 0 Å². The van der Waals surface area contributed by atoms with Crippen molar-refractivity contribution in [1.82, 2.24) is 9.97 Å². The molecule has 1 aromatic heterocycles. The monoisotopic (exact) mass is 150 g/mol. The molecule has 1 aromatic rings. The lowest BCUT2D eigenvalue weighted by atomic mass is 10.0. The Balaban J connectivity index is 2.45. The maximum Gasteiger partial charge on any atom is 0.117 e. The summed E-state index contributed by atoms with van der Waals surface area (Å²) in [5.74, 6) is 0. The van der Waals surface area contributed by atoms with Gasteiger partial charge in [-0.3, -0.25) is 0 Å². The molecule has 0 N–H and O–H groups in total. The molecule has 0 amide bonds. The zero-order valence-electron chi connectivity index (χ0n) is 6.66. The third kappa shape index (κ3) is 1.01. The van der Waals surface area contributed by atoms with Gasteiger partial charge in [-0.05, 0) is 13.8 Å². The lowest BCUT2D eigenvalue weighted by Crippen LogP contribution is -2.06. The fourth-order valence-corrected chi connectivity index (χ4v) is 1.17. The molecule has 1 fully saturated rings. The third-order valence-electron chi connectivity index (χ3n) is 2.06. The minimum Gasteiger partial charge on any atom is -0.365 e. The number of hydrogen-bond donors (Lipinski definition) is 0. The van der Waals surface area contributed by atoms with E-state index in [1.165, 1.54) is 0 Å². The van der Waals surface area contributed by atoms with Crippen molar-refractivity contribution in [3.05, 3.63) is 23.8 Å². The molecule has 1 aliphatic rings. The van der Waals surface area contributed by atoms with Crippen molar-refractivity contribution >= 4 is 0 Å². The molecule has 1 unspecified atom stereocenters. The highest BCUT2D eigenvalue weighted by Gasteiger charge is 2.42. The van der Waals surface area contributed by atoms with Gasteiger partial charge >= 0.3 is 0 Å². The smallest absolute Gasteiger partial charge is 0.117 e. The Bertz CT molecular complexity index is 281. The highest BCUT2D eigenvalue weighted by molar-refractivity contribution is 5.25. The van der Waals surface area contributed by atoms with Crippen molar-refractivity contribution < 1.29 is 4.74 Å². The van der Waals surface area contributed by atoms with Crippen LogP contribution >= 0.6 is 0 Å². The predicted octanol–water partition coefficient (Wildman–Crippen LogP) is 1.03. The van der Waals surface area contributed by atoms with E-state index >= 15 is 0 Å². The van der Waals surface area contributed by atoms with E-state index in [-0.39, 0.29) is 5.60 Å². The second-order valence-electron chi connectivity index (χ2n) is 3.04. The average Bonchev–Trinajstić information content (AvgIpc) is 2.70. The molecule has 1 atom stereocenters. The number of aryl methyl sites for hydroxylation is 1. The van der Waals surface area contributed by atoms with Gasteiger partial charge in [-0.15, -0.1) is 0 Å². The number of rotatable bonds is 1. The summed E-state index contributed by atoms with van der Waals surface area (Å²) in [6.45, 7) is 4.82. The number of ether oxygens (including phenoxy) is 1. The zero-order chi connectivity index (χ0) is 7.90. The summed E-state index contributed by atoms with van der Waals surface area (Å²) in [6.07, 6.45) is 3.39. The minimum absolute atomic E-state index is 0.0919. The van der Waals surface area contributed by atoms with Crippen molar-refractivity contribution in [2.45, 2.75) is 19.4 Å². The van der Waals surface area contributed by atoms with Gasteiger partial charge in [0.1, 0.15) is 11.9 Å². The van der Waals surface area contributed by atoms with Crippen LogP contribution in [0, 0.1) is 6.92 Å². The summed E-state index contributed by atoms with van der Waals surface area (Å²) >= 11 is 0. The Morgan fingerprint density at radius 1 is 1.64 bits per heavy atom. The van der Waals surface area contributed by atoms with E-state index in [1.807, 2.05) is 13.1 Å². The molecule has 0 bridgehead atoms. The van der Waals surface area contributed by atoms with Crippen LogP contribution in [0.2, 0.25) is 0 Å². The minimum atomic E-state index is -0.0919. The Labute approximate surface area is 65.4 Å². The molecule has 0 aliphatic carbocycles. The summed E-state index contributed by atoms with van der Waals surface area (Å²) < 4.78 is 5.28. The molecular formula is C8H10N2O. The summed E-state index contributed by atoms with van der Waals surface area (Å²) in [5, 5.41) is 0. The average molecular weight is 150 g/mol. The van der Waals surface area contributed by atoms with E-state index < -0.39 is 0 Å². The molecule has 0 saturated carbocycles. The van der Waals surface area contributed by atoms with Crippen LogP contribution in [-0.4, -0.2) is 16.6 Å². The van der Waals surface area contributed by atoms with Gasteiger partial charge in [-0.25, -0.2) is 9.97 Å². The molecule has 1 saturated heterocycles. The van der Waals surface area contributed by atoms with Crippen molar-refractivity contribution in [1.29, 1.82) is 0 Å². The quantitative estimate of drug-likeness (QED) is 0.561. The molecule has 1 aliphatic heterocycles. The standard InChI is InChI=1S/C8H10N2O/c1-6-7(3-9-5-10-6)8(2)4-11-8/h3,5H,4H2,1-2H3. The maximum atomic E-state index is 5.28. The van der Waals surface area contributed by atoms with Crippen LogP contribution in [0.15, 0.2) is 12.5 Å². The fraction of sp³-hybridized carbons (Fsp3) is 0.500. The number of nitrogens with zero attached hydrogens (tertiary/aromatic N) is 2. The SMILES string of the molecule is Cc1ncncc1C1(C)CO1. The zero-order valence-corrected chi connectivity index (χ0v) is 6.66. The van der Waals surface area contributed by atoms with E-state index in [0.29, 0.717) is 0 Å². The van der Waals surface area contributed by atoms with Crippen LogP contribution in [-0.2, 0) is 10.3 Å². The molecular weight excluding hydrogens is 140 g/mol. The van der Waals surface area contributed by atoms with Crippen LogP contribution in [0.5, 0.6) is 0 Å². The van der Waals surface area contributed by atoms with Crippen LogP contribution in [0.4, 0.5) is 0 Å². The van der Waals surface area contributed by atoms with Crippen LogP contribution in [0.25, 0.3) is 0 Å². The molecule has 3 nitrogen and oxygen atoms in total. The van der Waals surface area contributed by atoms with Crippen molar-refractivity contribution in [2.75, 3.05) is 6.61 Å². The summed E-state index contributed by atoms with van der Waals surface area (Å²) in [7, 11) is 0. The normalized spacial score (nSPS) is 28.5. The van der Waals surface area contributed by atoms with Crippen LogP contribution in [0.1, 0.15) is 18.2 Å². The molecule has 0 radical (unpaired) electrons. The first kappa shape index (κ1) is 6.73. The molecule has 2 heterocycles. The Morgan fingerprint density at radius 3 is 2.91 bits per heavy atom. The molecule has 3 heteroatoms.